The summed E-state index contributed by atoms with van der Waals surface area (Å²) >= 11 is 0. The Morgan fingerprint density at radius 2 is 1.95 bits per heavy atom. The number of nitrogens with zero attached hydrogens (tertiary/aromatic N) is 4. The maximum Gasteiger partial charge on any atom is 0.121 e. The molecule has 0 aromatic heterocycles. The molecule has 0 saturated carbocycles. The van der Waals surface area contributed by atoms with Crippen molar-refractivity contribution in [2.24, 2.45) is 10.2 Å². The predicted octanol–water partition coefficient (Wildman–Crippen LogP) is 1.10. The molecule has 0 saturated heterocycles. The molecule has 2 aliphatic heterocycles. The van der Waals surface area contributed by atoms with Crippen LogP contribution >= 0.6 is 12.4 Å². The van der Waals surface area contributed by atoms with Crippen molar-refractivity contribution >= 4 is 23.2 Å². The summed E-state index contributed by atoms with van der Waals surface area (Å²) in [7, 11) is 0. The molecule has 2 aliphatic rings. The van der Waals surface area contributed by atoms with E-state index in [1.807, 2.05) is 30.5 Å². The predicted molar refractivity (Wildman–Crippen MR) is 72.9 cm³/mol. The zero-order chi connectivity index (χ0) is 12.1. The van der Waals surface area contributed by atoms with Crippen LogP contribution in [0.1, 0.15) is 0 Å². The van der Waals surface area contributed by atoms with Gasteiger partial charge in [-0.05, 0) is 29.7 Å². The number of hydrogen-bond donors (Lipinski definition) is 1. The number of phenols is 1. The molecule has 19 heavy (non-hydrogen) atoms. The second-order valence-electron chi connectivity index (χ2n) is 4.30. The highest BCUT2D eigenvalue weighted by Crippen LogP contribution is 2.17. The van der Waals surface area contributed by atoms with Crippen LogP contribution in [-0.4, -0.2) is 21.9 Å². The number of hydrogen-bond acceptors (Lipinski definition) is 5. The lowest BCUT2D eigenvalue weighted by Gasteiger charge is -2.23. The lowest BCUT2D eigenvalue weighted by atomic mass is 10.1. The lowest BCUT2D eigenvalue weighted by Crippen LogP contribution is -2.41. The lowest BCUT2D eigenvalue weighted by molar-refractivity contribution is 0.0403. The summed E-state index contributed by atoms with van der Waals surface area (Å²) < 4.78 is 0. The van der Waals surface area contributed by atoms with Crippen LogP contribution in [0.25, 0.3) is 10.8 Å². The van der Waals surface area contributed by atoms with E-state index in [0.29, 0.717) is 0 Å². The van der Waals surface area contributed by atoms with Crippen LogP contribution < -0.4 is 10.7 Å². The van der Waals surface area contributed by atoms with Gasteiger partial charge in [-0.15, -0.1) is 17.5 Å². The molecule has 0 aliphatic carbocycles. The zero-order valence-corrected chi connectivity index (χ0v) is 10.7. The van der Waals surface area contributed by atoms with Gasteiger partial charge < -0.3 is 5.11 Å². The van der Waals surface area contributed by atoms with Crippen LogP contribution in [0.2, 0.25) is 0 Å². The molecule has 0 amide bonds. The van der Waals surface area contributed by atoms with Crippen molar-refractivity contribution in [3.63, 3.8) is 0 Å². The average molecular weight is 275 g/mol. The number of fused-ring (bicyclic) bond motifs is 4. The second kappa shape index (κ2) is 4.13. The summed E-state index contributed by atoms with van der Waals surface area (Å²) in [5.74, 6) is 0.241. The van der Waals surface area contributed by atoms with Crippen molar-refractivity contribution < 1.29 is 5.11 Å². The quantitative estimate of drug-likeness (QED) is 0.783. The number of phenolic OH excluding ortho intramolecular Hbond substituents is 1. The molecule has 0 atom stereocenters. The Morgan fingerprint density at radius 1 is 1.11 bits per heavy atom. The van der Waals surface area contributed by atoms with Crippen LogP contribution in [0, 0.1) is 0 Å². The van der Waals surface area contributed by atoms with Gasteiger partial charge in [-0.2, -0.15) is 15.3 Å². The van der Waals surface area contributed by atoms with Gasteiger partial charge in [0, 0.05) is 11.6 Å². The second-order valence-corrected chi connectivity index (χ2v) is 4.30. The van der Waals surface area contributed by atoms with Crippen molar-refractivity contribution in [2.45, 2.75) is 0 Å². The van der Waals surface area contributed by atoms with E-state index in [9.17, 15) is 5.11 Å². The molecule has 1 N–H and O–H groups in total. The Bertz CT molecular complexity index is 802. The van der Waals surface area contributed by atoms with Crippen LogP contribution in [0.3, 0.4) is 0 Å². The Morgan fingerprint density at radius 3 is 2.84 bits per heavy atom. The Hall–Kier alpha value is -2.27. The molecule has 0 fully saturated rings. The fraction of sp³-hybridized carbons (Fsp3) is 0.0769. The minimum atomic E-state index is 0. The molecule has 5 nitrogen and oxygen atoms in total. The molecule has 0 bridgehead atoms. The third-order valence-electron chi connectivity index (χ3n) is 3.12. The maximum absolute atomic E-state index is 9.61. The third-order valence-corrected chi connectivity index (χ3v) is 3.12. The molecule has 2 aromatic rings. The van der Waals surface area contributed by atoms with Crippen molar-refractivity contribution in [3.05, 3.63) is 53.3 Å². The van der Waals surface area contributed by atoms with Gasteiger partial charge in [0.25, 0.3) is 0 Å². The molecule has 6 heteroatoms. The largest absolute Gasteiger partial charge is 0.508 e. The number of halogens is 1. The molecule has 2 aromatic carbocycles. The maximum atomic E-state index is 9.61. The standard InChI is InChI=1S/C13H10N4O.ClH/c18-10-4-2-9-3-5-12-13(11(9)8-10)15-17-7-1-6-16(17)14-12;/h1-5,7-8,18H,6H2;1H. The van der Waals surface area contributed by atoms with E-state index in [4.69, 9.17) is 0 Å². The first kappa shape index (κ1) is 11.8. The van der Waals surface area contributed by atoms with Gasteiger partial charge in [0.1, 0.15) is 16.5 Å². The summed E-state index contributed by atoms with van der Waals surface area (Å²) in [4.78, 5) is 0. The molecule has 2 heterocycles. The highest BCUT2D eigenvalue weighted by molar-refractivity contribution is 5.85. The Balaban J connectivity index is 0.00000110. The molecule has 96 valence electrons. The smallest absolute Gasteiger partial charge is 0.121 e. The topological polar surface area (TPSA) is 51.4 Å². The summed E-state index contributed by atoms with van der Waals surface area (Å²) in [6, 6.07) is 9.23. The van der Waals surface area contributed by atoms with Crippen molar-refractivity contribution in [3.8, 4) is 5.75 Å². The van der Waals surface area contributed by atoms with Gasteiger partial charge in [0.05, 0.1) is 6.54 Å². The first-order valence-electron chi connectivity index (χ1n) is 5.74. The van der Waals surface area contributed by atoms with Gasteiger partial charge >= 0.3 is 0 Å². The fourth-order valence-corrected chi connectivity index (χ4v) is 2.26. The van der Waals surface area contributed by atoms with E-state index < -0.39 is 0 Å². The fourth-order valence-electron chi connectivity index (χ4n) is 2.26. The number of rotatable bonds is 0. The molecule has 0 radical (unpaired) electrons. The summed E-state index contributed by atoms with van der Waals surface area (Å²) in [5.41, 5.74) is 0. The monoisotopic (exact) mass is 274 g/mol. The highest BCUT2D eigenvalue weighted by atomic mass is 35.5. The molecular formula is C13H11ClN4O. The zero-order valence-electron chi connectivity index (χ0n) is 9.89. The first-order chi connectivity index (χ1) is 8.81. The van der Waals surface area contributed by atoms with Crippen LogP contribution in [0.5, 0.6) is 5.75 Å². The minimum Gasteiger partial charge on any atom is -0.508 e. The van der Waals surface area contributed by atoms with E-state index in [1.165, 1.54) is 0 Å². The SMILES string of the molecule is Cl.Oc1ccc2ccc3c(c2c1)=NN1C=CCN1N=3. The third kappa shape index (κ3) is 1.70. The van der Waals surface area contributed by atoms with Gasteiger partial charge in [0.15, 0.2) is 0 Å². The van der Waals surface area contributed by atoms with Gasteiger partial charge in [-0.1, -0.05) is 12.1 Å². The normalized spacial score (nSPS) is 15.4. The number of benzene rings is 2. The first-order valence-corrected chi connectivity index (χ1v) is 5.74. The summed E-state index contributed by atoms with van der Waals surface area (Å²) in [5, 5.41) is 25.7. The molecular weight excluding hydrogens is 264 g/mol. The number of aromatic hydroxyl groups is 1. The Labute approximate surface area is 115 Å². The van der Waals surface area contributed by atoms with Gasteiger partial charge in [-0.25, -0.2) is 0 Å². The van der Waals surface area contributed by atoms with E-state index in [1.54, 1.807) is 22.4 Å². The van der Waals surface area contributed by atoms with E-state index in [-0.39, 0.29) is 18.2 Å². The summed E-state index contributed by atoms with van der Waals surface area (Å²) in [6.07, 6.45) is 3.88. The van der Waals surface area contributed by atoms with Crippen molar-refractivity contribution in [2.75, 3.05) is 6.54 Å². The average Bonchev–Trinajstić information content (AvgIpc) is 2.83. The van der Waals surface area contributed by atoms with E-state index in [0.717, 1.165) is 28.0 Å². The van der Waals surface area contributed by atoms with Gasteiger partial charge in [0.2, 0.25) is 0 Å². The number of hydrazine groups is 1. The molecule has 4 rings (SSSR count). The van der Waals surface area contributed by atoms with Crippen LogP contribution in [0.15, 0.2) is 52.8 Å². The summed E-state index contributed by atoms with van der Waals surface area (Å²) in [6.45, 7) is 0.737. The molecule has 0 spiro atoms. The van der Waals surface area contributed by atoms with Crippen LogP contribution in [0.4, 0.5) is 0 Å². The highest BCUT2D eigenvalue weighted by Gasteiger charge is 2.17. The Kier molecular flexibility index (Phi) is 2.57. The van der Waals surface area contributed by atoms with Crippen molar-refractivity contribution in [1.82, 2.24) is 10.2 Å². The minimum absolute atomic E-state index is 0. The van der Waals surface area contributed by atoms with Crippen LogP contribution in [-0.2, 0) is 0 Å². The van der Waals surface area contributed by atoms with Gasteiger partial charge in [-0.3, -0.25) is 0 Å². The van der Waals surface area contributed by atoms with Crippen molar-refractivity contribution in [1.29, 1.82) is 0 Å². The van der Waals surface area contributed by atoms with E-state index >= 15 is 0 Å². The molecule has 0 unspecified atom stereocenters. The van der Waals surface area contributed by atoms with E-state index in [2.05, 4.69) is 10.2 Å².